The van der Waals surface area contributed by atoms with E-state index < -0.39 is 0 Å². The van der Waals surface area contributed by atoms with Gasteiger partial charge in [-0.1, -0.05) is 44.2 Å². The molecule has 5 nitrogen and oxygen atoms in total. The Morgan fingerprint density at radius 3 is 2.28 bits per heavy atom. The van der Waals surface area contributed by atoms with Crippen LogP contribution >= 0.6 is 0 Å². The van der Waals surface area contributed by atoms with Gasteiger partial charge in [-0.2, -0.15) is 0 Å². The minimum Gasteiger partial charge on any atom is -0.355 e. The number of amides is 1. The van der Waals surface area contributed by atoms with Crippen LogP contribution in [0.3, 0.4) is 0 Å². The van der Waals surface area contributed by atoms with E-state index in [2.05, 4.69) is 35.9 Å². The van der Waals surface area contributed by atoms with Crippen LogP contribution < -0.4 is 4.90 Å². The molecule has 0 radical (unpaired) electrons. The van der Waals surface area contributed by atoms with Gasteiger partial charge >= 0.3 is 0 Å². The predicted octanol–water partition coefficient (Wildman–Crippen LogP) is 3.68. The first kappa shape index (κ1) is 18.9. The average molecular weight is 340 g/mol. The summed E-state index contributed by atoms with van der Waals surface area (Å²) in [6.07, 6.45) is 1.88. The minimum atomic E-state index is -0.0106. The molecule has 0 bridgehead atoms. The van der Waals surface area contributed by atoms with E-state index in [0.717, 1.165) is 38.3 Å². The SMILES string of the molecule is CCCN(CCC)C(=O)c1cc(N(C)Cc2ccccc2)nc(C)n1. The van der Waals surface area contributed by atoms with Gasteiger partial charge in [-0.25, -0.2) is 9.97 Å². The van der Waals surface area contributed by atoms with Gasteiger partial charge in [-0.3, -0.25) is 4.79 Å². The van der Waals surface area contributed by atoms with E-state index in [-0.39, 0.29) is 5.91 Å². The van der Waals surface area contributed by atoms with E-state index in [1.165, 1.54) is 5.56 Å². The van der Waals surface area contributed by atoms with E-state index in [0.29, 0.717) is 11.5 Å². The minimum absolute atomic E-state index is 0.0106. The molecule has 5 heteroatoms. The molecule has 0 N–H and O–H groups in total. The molecule has 0 fully saturated rings. The molecule has 1 aromatic carbocycles. The highest BCUT2D eigenvalue weighted by Crippen LogP contribution is 2.16. The van der Waals surface area contributed by atoms with Crippen molar-refractivity contribution in [1.82, 2.24) is 14.9 Å². The third kappa shape index (κ3) is 5.28. The molecule has 1 aromatic heterocycles. The Morgan fingerprint density at radius 2 is 1.68 bits per heavy atom. The second kappa shape index (κ2) is 9.16. The van der Waals surface area contributed by atoms with Gasteiger partial charge in [0.05, 0.1) is 0 Å². The molecule has 0 aliphatic rings. The second-order valence-electron chi connectivity index (χ2n) is 6.29. The van der Waals surface area contributed by atoms with Crippen LogP contribution in [0.15, 0.2) is 36.4 Å². The monoisotopic (exact) mass is 340 g/mol. The lowest BCUT2D eigenvalue weighted by Gasteiger charge is -2.23. The Balaban J connectivity index is 2.22. The van der Waals surface area contributed by atoms with Gasteiger partial charge in [0.25, 0.3) is 5.91 Å². The molecule has 0 saturated heterocycles. The fraction of sp³-hybridized carbons (Fsp3) is 0.450. The van der Waals surface area contributed by atoms with Crippen LogP contribution in [0, 0.1) is 6.92 Å². The summed E-state index contributed by atoms with van der Waals surface area (Å²) in [4.78, 5) is 25.6. The van der Waals surface area contributed by atoms with E-state index in [1.54, 1.807) is 6.07 Å². The first-order valence-corrected chi connectivity index (χ1v) is 8.95. The van der Waals surface area contributed by atoms with Crippen LogP contribution in [0.25, 0.3) is 0 Å². The van der Waals surface area contributed by atoms with Gasteiger partial charge in [-0.05, 0) is 25.3 Å². The highest BCUT2D eigenvalue weighted by atomic mass is 16.2. The fourth-order valence-electron chi connectivity index (χ4n) is 2.81. The van der Waals surface area contributed by atoms with Crippen LogP contribution in [0.2, 0.25) is 0 Å². The number of rotatable bonds is 8. The van der Waals surface area contributed by atoms with E-state index in [9.17, 15) is 4.79 Å². The summed E-state index contributed by atoms with van der Waals surface area (Å²) in [7, 11) is 1.99. The largest absolute Gasteiger partial charge is 0.355 e. The highest BCUT2D eigenvalue weighted by molar-refractivity contribution is 5.93. The Morgan fingerprint density at radius 1 is 1.04 bits per heavy atom. The normalized spacial score (nSPS) is 10.6. The molecule has 0 saturated carbocycles. The van der Waals surface area contributed by atoms with Gasteiger partial charge in [0.1, 0.15) is 17.3 Å². The number of aryl methyl sites for hydroxylation is 1. The number of hydrogen-bond donors (Lipinski definition) is 0. The molecular weight excluding hydrogens is 312 g/mol. The molecule has 1 heterocycles. The van der Waals surface area contributed by atoms with Crippen molar-refractivity contribution in [1.29, 1.82) is 0 Å². The van der Waals surface area contributed by atoms with Crippen LogP contribution in [0.1, 0.15) is 48.6 Å². The Labute approximate surface area is 150 Å². The number of carbonyl (C=O) groups excluding carboxylic acids is 1. The Hall–Kier alpha value is -2.43. The zero-order valence-electron chi connectivity index (χ0n) is 15.7. The summed E-state index contributed by atoms with van der Waals surface area (Å²) in [5.41, 5.74) is 1.68. The number of anilines is 1. The molecule has 1 amide bonds. The van der Waals surface area contributed by atoms with E-state index in [1.807, 2.05) is 42.0 Å². The summed E-state index contributed by atoms with van der Waals surface area (Å²) < 4.78 is 0. The van der Waals surface area contributed by atoms with Crippen molar-refractivity contribution in [2.45, 2.75) is 40.2 Å². The smallest absolute Gasteiger partial charge is 0.272 e. The Kier molecular flexibility index (Phi) is 6.92. The number of aromatic nitrogens is 2. The van der Waals surface area contributed by atoms with Crippen LogP contribution in [-0.4, -0.2) is 40.9 Å². The third-order valence-corrected chi connectivity index (χ3v) is 3.97. The van der Waals surface area contributed by atoms with Crippen molar-refractivity contribution in [3.8, 4) is 0 Å². The van der Waals surface area contributed by atoms with E-state index >= 15 is 0 Å². The maximum absolute atomic E-state index is 12.8. The fourth-order valence-corrected chi connectivity index (χ4v) is 2.81. The molecule has 25 heavy (non-hydrogen) atoms. The van der Waals surface area contributed by atoms with Gasteiger partial charge < -0.3 is 9.80 Å². The molecule has 0 aliphatic heterocycles. The zero-order valence-corrected chi connectivity index (χ0v) is 15.7. The van der Waals surface area contributed by atoms with Gasteiger partial charge in [-0.15, -0.1) is 0 Å². The summed E-state index contributed by atoms with van der Waals surface area (Å²) >= 11 is 0. The Bertz CT molecular complexity index is 681. The van der Waals surface area contributed by atoms with Crippen LogP contribution in [0.4, 0.5) is 5.82 Å². The molecular formula is C20H28N4O. The first-order chi connectivity index (χ1) is 12.0. The van der Waals surface area contributed by atoms with Crippen molar-refractivity contribution in [2.75, 3.05) is 25.0 Å². The standard InChI is InChI=1S/C20H28N4O/c1-5-12-24(13-6-2)20(25)18-14-19(22-16(3)21-18)23(4)15-17-10-8-7-9-11-17/h7-11,14H,5-6,12-13,15H2,1-4H3. The van der Waals surface area contributed by atoms with Gasteiger partial charge in [0, 0.05) is 32.7 Å². The van der Waals surface area contributed by atoms with Crippen molar-refractivity contribution >= 4 is 11.7 Å². The molecule has 2 aromatic rings. The lowest BCUT2D eigenvalue weighted by molar-refractivity contribution is 0.0749. The quantitative estimate of drug-likeness (QED) is 0.735. The van der Waals surface area contributed by atoms with Crippen molar-refractivity contribution in [3.63, 3.8) is 0 Å². The molecule has 0 spiro atoms. The number of nitrogens with zero attached hydrogens (tertiary/aromatic N) is 4. The highest BCUT2D eigenvalue weighted by Gasteiger charge is 2.18. The lowest BCUT2D eigenvalue weighted by atomic mass is 10.2. The number of hydrogen-bond acceptors (Lipinski definition) is 4. The van der Waals surface area contributed by atoms with E-state index in [4.69, 9.17) is 0 Å². The maximum atomic E-state index is 12.8. The van der Waals surface area contributed by atoms with Crippen molar-refractivity contribution in [2.24, 2.45) is 0 Å². The van der Waals surface area contributed by atoms with Crippen LogP contribution in [0.5, 0.6) is 0 Å². The summed E-state index contributed by atoms with van der Waals surface area (Å²) in [6.45, 7) is 8.25. The molecule has 134 valence electrons. The summed E-state index contributed by atoms with van der Waals surface area (Å²) in [5.74, 6) is 1.38. The summed E-state index contributed by atoms with van der Waals surface area (Å²) in [6, 6.07) is 12.0. The van der Waals surface area contributed by atoms with Crippen LogP contribution in [-0.2, 0) is 6.54 Å². The lowest BCUT2D eigenvalue weighted by Crippen LogP contribution is -2.33. The van der Waals surface area contributed by atoms with Crippen molar-refractivity contribution in [3.05, 3.63) is 53.5 Å². The first-order valence-electron chi connectivity index (χ1n) is 8.95. The maximum Gasteiger partial charge on any atom is 0.272 e. The molecule has 2 rings (SSSR count). The van der Waals surface area contributed by atoms with Crippen molar-refractivity contribution < 1.29 is 4.79 Å². The average Bonchev–Trinajstić information content (AvgIpc) is 2.61. The summed E-state index contributed by atoms with van der Waals surface area (Å²) in [5, 5.41) is 0. The second-order valence-corrected chi connectivity index (χ2v) is 6.29. The number of carbonyl (C=O) groups is 1. The molecule has 0 aliphatic carbocycles. The third-order valence-electron chi connectivity index (χ3n) is 3.97. The zero-order chi connectivity index (χ0) is 18.2. The number of benzene rings is 1. The molecule has 0 unspecified atom stereocenters. The van der Waals surface area contributed by atoms with Gasteiger partial charge in [0.15, 0.2) is 0 Å². The topological polar surface area (TPSA) is 49.3 Å². The predicted molar refractivity (Wildman–Crippen MR) is 102 cm³/mol. The van der Waals surface area contributed by atoms with Gasteiger partial charge in [0.2, 0.25) is 0 Å². The molecule has 0 atom stereocenters.